The molecule has 0 aliphatic rings. The van der Waals surface area contributed by atoms with Gasteiger partial charge in [-0.3, -0.25) is 0 Å². The SMILES string of the molecule is C[C@@H](Sc1nnc(-c2ccc(F)cc2)n1C)c1ccccc1. The van der Waals surface area contributed by atoms with Crippen LogP contribution in [0.25, 0.3) is 11.4 Å². The van der Waals surface area contributed by atoms with E-state index in [1.165, 1.54) is 17.7 Å². The second-order valence-electron chi connectivity index (χ2n) is 5.04. The first kappa shape index (κ1) is 14.8. The molecule has 0 saturated heterocycles. The van der Waals surface area contributed by atoms with Crippen LogP contribution in [0.5, 0.6) is 0 Å². The fourth-order valence-electron chi connectivity index (χ4n) is 2.22. The highest BCUT2D eigenvalue weighted by molar-refractivity contribution is 7.99. The van der Waals surface area contributed by atoms with Crippen molar-refractivity contribution in [3.05, 3.63) is 66.0 Å². The van der Waals surface area contributed by atoms with E-state index < -0.39 is 0 Å². The first-order valence-corrected chi connectivity index (χ1v) is 7.90. The largest absolute Gasteiger partial charge is 0.305 e. The van der Waals surface area contributed by atoms with Crippen LogP contribution >= 0.6 is 11.8 Å². The van der Waals surface area contributed by atoms with Crippen LogP contribution < -0.4 is 0 Å². The molecular weight excluding hydrogens is 297 g/mol. The maximum absolute atomic E-state index is 13.0. The summed E-state index contributed by atoms with van der Waals surface area (Å²) in [4.78, 5) is 0. The van der Waals surface area contributed by atoms with Gasteiger partial charge in [0.25, 0.3) is 0 Å². The molecule has 0 unspecified atom stereocenters. The Balaban J connectivity index is 1.83. The topological polar surface area (TPSA) is 30.7 Å². The van der Waals surface area contributed by atoms with Crippen molar-refractivity contribution in [2.24, 2.45) is 7.05 Å². The molecule has 1 atom stereocenters. The first-order chi connectivity index (χ1) is 10.6. The monoisotopic (exact) mass is 313 g/mol. The molecule has 112 valence electrons. The predicted molar refractivity (Wildman–Crippen MR) is 87.1 cm³/mol. The zero-order valence-electron chi connectivity index (χ0n) is 12.4. The van der Waals surface area contributed by atoms with Crippen molar-refractivity contribution in [1.82, 2.24) is 14.8 Å². The van der Waals surface area contributed by atoms with Gasteiger partial charge in [-0.25, -0.2) is 4.39 Å². The van der Waals surface area contributed by atoms with E-state index >= 15 is 0 Å². The van der Waals surface area contributed by atoms with Crippen molar-refractivity contribution in [3.8, 4) is 11.4 Å². The smallest absolute Gasteiger partial charge is 0.191 e. The lowest BCUT2D eigenvalue weighted by Gasteiger charge is -2.11. The molecule has 3 nitrogen and oxygen atoms in total. The van der Waals surface area contributed by atoms with Crippen LogP contribution in [0.15, 0.2) is 59.8 Å². The number of benzene rings is 2. The molecular formula is C17H16FN3S. The Bertz CT molecular complexity index is 753. The Kier molecular flexibility index (Phi) is 4.24. The fourth-order valence-corrected chi connectivity index (χ4v) is 3.16. The molecule has 3 rings (SSSR count). The highest BCUT2D eigenvalue weighted by atomic mass is 32.2. The predicted octanol–water partition coefficient (Wildman–Crippen LogP) is 4.47. The first-order valence-electron chi connectivity index (χ1n) is 7.02. The summed E-state index contributed by atoms with van der Waals surface area (Å²) in [5.74, 6) is 0.487. The minimum Gasteiger partial charge on any atom is -0.305 e. The van der Waals surface area contributed by atoms with Gasteiger partial charge < -0.3 is 4.57 Å². The van der Waals surface area contributed by atoms with E-state index in [4.69, 9.17) is 0 Å². The van der Waals surface area contributed by atoms with Crippen molar-refractivity contribution in [2.45, 2.75) is 17.3 Å². The van der Waals surface area contributed by atoms with Crippen LogP contribution in [0.1, 0.15) is 17.7 Å². The highest BCUT2D eigenvalue weighted by Gasteiger charge is 2.15. The van der Waals surface area contributed by atoms with Crippen LogP contribution in [-0.4, -0.2) is 14.8 Å². The maximum atomic E-state index is 13.0. The van der Waals surface area contributed by atoms with E-state index in [9.17, 15) is 4.39 Å². The molecule has 0 N–H and O–H groups in total. The van der Waals surface area contributed by atoms with Crippen molar-refractivity contribution in [2.75, 3.05) is 0 Å². The van der Waals surface area contributed by atoms with Gasteiger partial charge in [0.15, 0.2) is 11.0 Å². The molecule has 3 aromatic rings. The number of thioether (sulfide) groups is 1. The number of hydrogen-bond donors (Lipinski definition) is 0. The summed E-state index contributed by atoms with van der Waals surface area (Å²) in [7, 11) is 1.93. The summed E-state index contributed by atoms with van der Waals surface area (Å²) in [6.45, 7) is 2.15. The summed E-state index contributed by atoms with van der Waals surface area (Å²) in [6, 6.07) is 16.6. The maximum Gasteiger partial charge on any atom is 0.191 e. The molecule has 0 saturated carbocycles. The van der Waals surface area contributed by atoms with Crippen LogP contribution in [0.2, 0.25) is 0 Å². The minimum atomic E-state index is -0.252. The molecule has 22 heavy (non-hydrogen) atoms. The normalized spacial score (nSPS) is 12.3. The lowest BCUT2D eigenvalue weighted by molar-refractivity contribution is 0.628. The molecule has 2 aromatic carbocycles. The van der Waals surface area contributed by atoms with Crippen LogP contribution in [0.4, 0.5) is 4.39 Å². The molecule has 5 heteroatoms. The van der Waals surface area contributed by atoms with Crippen molar-refractivity contribution in [3.63, 3.8) is 0 Å². The van der Waals surface area contributed by atoms with Gasteiger partial charge in [0, 0.05) is 17.9 Å². The zero-order chi connectivity index (χ0) is 15.5. The highest BCUT2D eigenvalue weighted by Crippen LogP contribution is 2.34. The average Bonchev–Trinajstić information content (AvgIpc) is 2.90. The van der Waals surface area contributed by atoms with Gasteiger partial charge in [-0.1, -0.05) is 42.1 Å². The molecule has 0 spiro atoms. The fraction of sp³-hybridized carbons (Fsp3) is 0.176. The molecule has 0 aliphatic carbocycles. The van der Waals surface area contributed by atoms with Gasteiger partial charge in [-0.2, -0.15) is 0 Å². The Morgan fingerprint density at radius 3 is 2.36 bits per heavy atom. The lowest BCUT2D eigenvalue weighted by atomic mass is 10.2. The minimum absolute atomic E-state index is 0.252. The van der Waals surface area contributed by atoms with E-state index in [0.717, 1.165) is 16.5 Å². The Morgan fingerprint density at radius 1 is 1.00 bits per heavy atom. The van der Waals surface area contributed by atoms with E-state index in [-0.39, 0.29) is 11.1 Å². The van der Waals surface area contributed by atoms with Gasteiger partial charge in [0.05, 0.1) is 0 Å². The molecule has 0 radical (unpaired) electrons. The van der Waals surface area contributed by atoms with Gasteiger partial charge in [-0.15, -0.1) is 10.2 Å². The number of aromatic nitrogens is 3. The number of nitrogens with zero attached hydrogens (tertiary/aromatic N) is 3. The summed E-state index contributed by atoms with van der Waals surface area (Å²) >= 11 is 1.66. The van der Waals surface area contributed by atoms with Gasteiger partial charge in [0.2, 0.25) is 0 Å². The second-order valence-corrected chi connectivity index (χ2v) is 6.35. The summed E-state index contributed by atoms with van der Waals surface area (Å²) in [5, 5.41) is 9.62. The van der Waals surface area contributed by atoms with E-state index in [1.54, 1.807) is 23.9 Å². The molecule has 0 amide bonds. The second kappa shape index (κ2) is 6.32. The number of halogens is 1. The third-order valence-corrected chi connectivity index (χ3v) is 4.68. The molecule has 1 aromatic heterocycles. The Hall–Kier alpha value is -2.14. The molecule has 0 fully saturated rings. The third kappa shape index (κ3) is 3.04. The summed E-state index contributed by atoms with van der Waals surface area (Å²) in [6.07, 6.45) is 0. The summed E-state index contributed by atoms with van der Waals surface area (Å²) < 4.78 is 15.0. The standard InChI is InChI=1S/C17H16FN3S/c1-12(13-6-4-3-5-7-13)22-17-20-19-16(21(17)2)14-8-10-15(18)11-9-14/h3-12H,1-2H3/t12-/m1/s1. The quantitative estimate of drug-likeness (QED) is 0.666. The van der Waals surface area contributed by atoms with Crippen molar-refractivity contribution >= 4 is 11.8 Å². The van der Waals surface area contributed by atoms with Gasteiger partial charge in [-0.05, 0) is 36.8 Å². The van der Waals surface area contributed by atoms with Crippen molar-refractivity contribution < 1.29 is 4.39 Å². The Morgan fingerprint density at radius 2 is 1.68 bits per heavy atom. The Labute approximate surface area is 133 Å². The zero-order valence-corrected chi connectivity index (χ0v) is 13.2. The van der Waals surface area contributed by atoms with E-state index in [1.807, 2.05) is 29.8 Å². The van der Waals surface area contributed by atoms with E-state index in [0.29, 0.717) is 0 Å². The van der Waals surface area contributed by atoms with Crippen LogP contribution in [0, 0.1) is 5.82 Å². The third-order valence-electron chi connectivity index (χ3n) is 3.49. The average molecular weight is 313 g/mol. The van der Waals surface area contributed by atoms with Gasteiger partial charge in [0.1, 0.15) is 5.82 Å². The molecule has 0 bridgehead atoms. The molecule has 0 aliphatic heterocycles. The molecule has 1 heterocycles. The number of rotatable bonds is 4. The lowest BCUT2D eigenvalue weighted by Crippen LogP contribution is -1.97. The van der Waals surface area contributed by atoms with Crippen LogP contribution in [-0.2, 0) is 7.05 Å². The van der Waals surface area contributed by atoms with Crippen molar-refractivity contribution in [1.29, 1.82) is 0 Å². The van der Waals surface area contributed by atoms with Gasteiger partial charge >= 0.3 is 0 Å². The number of hydrogen-bond acceptors (Lipinski definition) is 3. The summed E-state index contributed by atoms with van der Waals surface area (Å²) in [5.41, 5.74) is 2.11. The van der Waals surface area contributed by atoms with Crippen LogP contribution in [0.3, 0.4) is 0 Å². The van der Waals surface area contributed by atoms with E-state index in [2.05, 4.69) is 29.3 Å².